The Morgan fingerprint density at radius 2 is 1.83 bits per heavy atom. The third-order valence-electron chi connectivity index (χ3n) is 4.75. The molecule has 0 bridgehead atoms. The number of hydrogen-bond acceptors (Lipinski definition) is 6. The van der Waals surface area contributed by atoms with Crippen LogP contribution in [-0.4, -0.2) is 32.9 Å². The van der Waals surface area contributed by atoms with E-state index in [9.17, 15) is 4.79 Å². The van der Waals surface area contributed by atoms with Gasteiger partial charge in [-0.15, -0.1) is 0 Å². The molecule has 0 spiro atoms. The molecule has 0 atom stereocenters. The van der Waals surface area contributed by atoms with Crippen LogP contribution in [0.4, 0.5) is 0 Å². The molecule has 3 aromatic rings. The van der Waals surface area contributed by atoms with Crippen molar-refractivity contribution < 1.29 is 23.7 Å². The van der Waals surface area contributed by atoms with Gasteiger partial charge >= 0.3 is 0 Å². The molecule has 0 radical (unpaired) electrons. The van der Waals surface area contributed by atoms with Gasteiger partial charge in [0.15, 0.2) is 11.5 Å². The normalized spacial score (nSPS) is 10.8. The highest BCUT2D eigenvalue weighted by molar-refractivity contribution is 14.1. The molecule has 0 aliphatic carbocycles. The van der Waals surface area contributed by atoms with Gasteiger partial charge in [-0.25, -0.2) is 5.43 Å². The van der Waals surface area contributed by atoms with Crippen LogP contribution < -0.4 is 24.4 Å². The van der Waals surface area contributed by atoms with E-state index in [0.717, 1.165) is 14.7 Å². The molecule has 10 heteroatoms. The molecule has 3 aromatic carbocycles. The standard InChI is InChI=1S/C25H23Cl2IN2O5/c1-4-34-23-10-15(9-21(28)24(23)35-14-16-5-6-17(26)11-20(16)27)13-29-30-25(31)19-8-7-18(32-2)12-22(19)33-3/h5-13H,4,14H2,1-3H3,(H,30,31)/b29-13-. The van der Waals surface area contributed by atoms with Crippen molar-refractivity contribution in [3.8, 4) is 23.0 Å². The van der Waals surface area contributed by atoms with Crippen molar-refractivity contribution in [1.29, 1.82) is 0 Å². The summed E-state index contributed by atoms with van der Waals surface area (Å²) in [5, 5.41) is 5.17. The zero-order valence-corrected chi connectivity index (χ0v) is 22.9. The van der Waals surface area contributed by atoms with Crippen molar-refractivity contribution in [2.45, 2.75) is 13.5 Å². The third kappa shape index (κ3) is 7.16. The van der Waals surface area contributed by atoms with Crippen molar-refractivity contribution in [1.82, 2.24) is 5.43 Å². The number of halogens is 3. The highest BCUT2D eigenvalue weighted by atomic mass is 127. The van der Waals surface area contributed by atoms with Crippen molar-refractivity contribution in [3.63, 3.8) is 0 Å². The summed E-state index contributed by atoms with van der Waals surface area (Å²) >= 11 is 14.4. The van der Waals surface area contributed by atoms with E-state index in [1.54, 1.807) is 43.5 Å². The van der Waals surface area contributed by atoms with E-state index < -0.39 is 5.91 Å². The summed E-state index contributed by atoms with van der Waals surface area (Å²) in [5.74, 6) is 1.69. The van der Waals surface area contributed by atoms with Crippen molar-refractivity contribution in [2.24, 2.45) is 5.10 Å². The van der Waals surface area contributed by atoms with E-state index in [2.05, 4.69) is 33.1 Å². The number of carbonyl (C=O) groups is 1. The van der Waals surface area contributed by atoms with Crippen LogP contribution in [0.2, 0.25) is 10.0 Å². The predicted octanol–water partition coefficient (Wildman–Crippen LogP) is 6.36. The van der Waals surface area contributed by atoms with Crippen LogP contribution in [0.1, 0.15) is 28.4 Å². The van der Waals surface area contributed by atoms with Crippen molar-refractivity contribution in [3.05, 3.63) is 78.8 Å². The predicted molar refractivity (Wildman–Crippen MR) is 146 cm³/mol. The number of nitrogens with zero attached hydrogens (tertiary/aromatic N) is 1. The van der Waals surface area contributed by atoms with Crippen LogP contribution >= 0.6 is 45.8 Å². The first-order chi connectivity index (χ1) is 16.9. The van der Waals surface area contributed by atoms with E-state index in [0.29, 0.717) is 45.2 Å². The molecule has 184 valence electrons. The summed E-state index contributed by atoms with van der Waals surface area (Å²) in [5.41, 5.74) is 4.37. The molecular weight excluding hydrogens is 606 g/mol. The summed E-state index contributed by atoms with van der Waals surface area (Å²) in [6, 6.07) is 13.8. The second kappa shape index (κ2) is 12.9. The Labute approximate surface area is 227 Å². The van der Waals surface area contributed by atoms with Crippen LogP contribution in [0.3, 0.4) is 0 Å². The Morgan fingerprint density at radius 1 is 1.03 bits per heavy atom. The van der Waals surface area contributed by atoms with Crippen LogP contribution in [0, 0.1) is 3.57 Å². The Balaban J connectivity index is 1.75. The summed E-state index contributed by atoms with van der Waals surface area (Å²) in [6.07, 6.45) is 1.53. The van der Waals surface area contributed by atoms with E-state index in [4.69, 9.17) is 42.1 Å². The maximum atomic E-state index is 12.6. The molecule has 7 nitrogen and oxygen atoms in total. The Hall–Kier alpha value is -2.69. The highest BCUT2D eigenvalue weighted by Crippen LogP contribution is 2.35. The molecule has 0 aromatic heterocycles. The topological polar surface area (TPSA) is 78.4 Å². The second-order valence-electron chi connectivity index (χ2n) is 7.05. The SMILES string of the molecule is CCOc1cc(/C=N\NC(=O)c2ccc(OC)cc2OC)cc(I)c1OCc1ccc(Cl)cc1Cl. The summed E-state index contributed by atoms with van der Waals surface area (Å²) < 4.78 is 23.1. The van der Waals surface area contributed by atoms with Gasteiger partial charge in [-0.05, 0) is 71.5 Å². The lowest BCUT2D eigenvalue weighted by Crippen LogP contribution is -2.18. The minimum Gasteiger partial charge on any atom is -0.497 e. The lowest BCUT2D eigenvalue weighted by atomic mass is 10.2. The molecule has 0 unspecified atom stereocenters. The second-order valence-corrected chi connectivity index (χ2v) is 9.06. The highest BCUT2D eigenvalue weighted by Gasteiger charge is 2.15. The Kier molecular flexibility index (Phi) is 9.88. The number of hydrogen-bond donors (Lipinski definition) is 1. The van der Waals surface area contributed by atoms with E-state index >= 15 is 0 Å². The number of carbonyl (C=O) groups excluding carboxylic acids is 1. The first-order valence-corrected chi connectivity index (χ1v) is 12.3. The Bertz CT molecular complexity index is 1240. The van der Waals surface area contributed by atoms with E-state index in [-0.39, 0.29) is 6.61 Å². The van der Waals surface area contributed by atoms with Gasteiger partial charge in [0.25, 0.3) is 5.91 Å². The molecule has 35 heavy (non-hydrogen) atoms. The monoisotopic (exact) mass is 628 g/mol. The maximum Gasteiger partial charge on any atom is 0.275 e. The molecule has 0 aliphatic rings. The average Bonchev–Trinajstić information content (AvgIpc) is 2.84. The van der Waals surface area contributed by atoms with Gasteiger partial charge in [-0.2, -0.15) is 5.10 Å². The molecule has 1 amide bonds. The molecule has 0 aliphatic heterocycles. The molecule has 0 fully saturated rings. The number of amides is 1. The summed E-state index contributed by atoms with van der Waals surface area (Å²) in [4.78, 5) is 12.6. The molecule has 0 saturated carbocycles. The molecule has 0 heterocycles. The smallest absolute Gasteiger partial charge is 0.275 e. The van der Waals surface area contributed by atoms with Crippen LogP contribution in [0.15, 0.2) is 53.6 Å². The van der Waals surface area contributed by atoms with Gasteiger partial charge < -0.3 is 18.9 Å². The van der Waals surface area contributed by atoms with Gasteiger partial charge in [-0.3, -0.25) is 4.79 Å². The van der Waals surface area contributed by atoms with E-state index in [1.165, 1.54) is 13.3 Å². The van der Waals surface area contributed by atoms with Crippen LogP contribution in [-0.2, 0) is 6.61 Å². The fraction of sp³-hybridized carbons (Fsp3) is 0.200. The first-order valence-electron chi connectivity index (χ1n) is 10.4. The summed E-state index contributed by atoms with van der Waals surface area (Å²) in [7, 11) is 3.02. The fourth-order valence-electron chi connectivity index (χ4n) is 3.07. The summed E-state index contributed by atoms with van der Waals surface area (Å²) in [6.45, 7) is 2.58. The molecule has 3 rings (SSSR count). The quantitative estimate of drug-likeness (QED) is 0.161. The lowest BCUT2D eigenvalue weighted by molar-refractivity contribution is 0.0952. The number of benzene rings is 3. The first kappa shape index (κ1) is 26.9. The zero-order valence-electron chi connectivity index (χ0n) is 19.2. The third-order valence-corrected chi connectivity index (χ3v) is 6.14. The maximum absolute atomic E-state index is 12.6. The van der Waals surface area contributed by atoms with E-state index in [1.807, 2.05) is 19.1 Å². The number of ether oxygens (including phenoxy) is 4. The number of hydrazone groups is 1. The minimum absolute atomic E-state index is 0.249. The fourth-order valence-corrected chi connectivity index (χ4v) is 4.31. The van der Waals surface area contributed by atoms with Crippen molar-refractivity contribution in [2.75, 3.05) is 20.8 Å². The minimum atomic E-state index is -0.416. The zero-order chi connectivity index (χ0) is 25.4. The Morgan fingerprint density at radius 3 is 2.51 bits per heavy atom. The van der Waals surface area contributed by atoms with Crippen LogP contribution in [0.25, 0.3) is 0 Å². The van der Waals surface area contributed by atoms with Gasteiger partial charge in [-0.1, -0.05) is 29.3 Å². The van der Waals surface area contributed by atoms with Gasteiger partial charge in [0, 0.05) is 21.7 Å². The van der Waals surface area contributed by atoms with Crippen LogP contribution in [0.5, 0.6) is 23.0 Å². The lowest BCUT2D eigenvalue weighted by Gasteiger charge is -2.15. The van der Waals surface area contributed by atoms with Gasteiger partial charge in [0.2, 0.25) is 0 Å². The number of methoxy groups -OCH3 is 2. The largest absolute Gasteiger partial charge is 0.497 e. The molecular formula is C25H23Cl2IN2O5. The average molecular weight is 629 g/mol. The van der Waals surface area contributed by atoms with Gasteiger partial charge in [0.05, 0.1) is 36.2 Å². The number of rotatable bonds is 10. The number of nitrogens with one attached hydrogen (secondary N) is 1. The van der Waals surface area contributed by atoms with Gasteiger partial charge in [0.1, 0.15) is 18.1 Å². The molecule has 0 saturated heterocycles. The van der Waals surface area contributed by atoms with Crippen molar-refractivity contribution >= 4 is 57.9 Å². The molecule has 1 N–H and O–H groups in total.